The molecule has 0 aliphatic carbocycles. The maximum Gasteiger partial charge on any atom is 0.0785 e. The van der Waals surface area contributed by atoms with E-state index >= 15 is 0 Å². The Hall–Kier alpha value is -1.00. The van der Waals surface area contributed by atoms with Gasteiger partial charge in [-0.15, -0.1) is 12.4 Å². The van der Waals surface area contributed by atoms with E-state index in [1.165, 1.54) is 17.6 Å². The molecule has 2 aromatic rings. The smallest absolute Gasteiger partial charge is 0.0785 e. The number of benzene rings is 1. The van der Waals surface area contributed by atoms with Gasteiger partial charge < -0.3 is 0 Å². The Kier molecular flexibility index (Phi) is 7.63. The Morgan fingerprint density at radius 1 is 1.00 bits per heavy atom. The van der Waals surface area contributed by atoms with Gasteiger partial charge in [-0.25, -0.2) is 0 Å². The number of hydrogen-bond donors (Lipinski definition) is 0. The van der Waals surface area contributed by atoms with Crippen molar-refractivity contribution in [3.05, 3.63) is 58.3 Å². The quantitative estimate of drug-likeness (QED) is 0.638. The zero-order chi connectivity index (χ0) is 16.1. The molecule has 0 unspecified atom stereocenters. The molecule has 0 saturated heterocycles. The zero-order valence-corrected chi connectivity index (χ0v) is 15.8. The summed E-state index contributed by atoms with van der Waals surface area (Å²) in [4.78, 5) is 2.51. The van der Waals surface area contributed by atoms with Crippen molar-refractivity contribution in [2.75, 3.05) is 19.6 Å². The lowest BCUT2D eigenvalue weighted by Crippen LogP contribution is -2.29. The Bertz CT molecular complexity index is 664. The van der Waals surface area contributed by atoms with Crippen LogP contribution in [0.5, 0.6) is 0 Å². The third-order valence-corrected chi connectivity index (χ3v) is 4.67. The molecule has 0 amide bonds. The molecular weight excluding hydrogens is 365 g/mol. The van der Waals surface area contributed by atoms with Crippen LogP contribution in [0, 0.1) is 0 Å². The van der Waals surface area contributed by atoms with Crippen LogP contribution in [0.4, 0.5) is 0 Å². The summed E-state index contributed by atoms with van der Waals surface area (Å²) in [5, 5.41) is 5.71. The van der Waals surface area contributed by atoms with Crippen LogP contribution in [0.2, 0.25) is 10.0 Å². The van der Waals surface area contributed by atoms with Gasteiger partial charge in [0.1, 0.15) is 0 Å². The molecule has 1 aliphatic heterocycles. The van der Waals surface area contributed by atoms with Crippen molar-refractivity contribution < 1.29 is 0 Å². The van der Waals surface area contributed by atoms with Crippen molar-refractivity contribution >= 4 is 41.2 Å². The summed E-state index contributed by atoms with van der Waals surface area (Å²) in [6.07, 6.45) is 9.33. The first-order valence-electron chi connectivity index (χ1n) is 8.06. The number of aryl methyl sites for hydroxylation is 1. The SMILES string of the molecule is Cl.Clc1ccc(C2=CCN(CCCCn3cc(Cl)cn3)CC2)cc1. The van der Waals surface area contributed by atoms with E-state index in [0.717, 1.165) is 44.0 Å². The fourth-order valence-corrected chi connectivity index (χ4v) is 3.19. The van der Waals surface area contributed by atoms with Crippen LogP contribution in [0.25, 0.3) is 5.57 Å². The fraction of sp³-hybridized carbons (Fsp3) is 0.389. The highest BCUT2D eigenvalue weighted by molar-refractivity contribution is 6.30. The first-order chi connectivity index (χ1) is 11.2. The highest BCUT2D eigenvalue weighted by Gasteiger charge is 2.12. The Morgan fingerprint density at radius 2 is 1.75 bits per heavy atom. The molecule has 1 aromatic carbocycles. The summed E-state index contributed by atoms with van der Waals surface area (Å²) in [5.74, 6) is 0. The first-order valence-corrected chi connectivity index (χ1v) is 8.81. The van der Waals surface area contributed by atoms with E-state index in [2.05, 4.69) is 28.2 Å². The van der Waals surface area contributed by atoms with Crippen molar-refractivity contribution in [3.63, 3.8) is 0 Å². The molecule has 0 bridgehead atoms. The van der Waals surface area contributed by atoms with Gasteiger partial charge in [0.25, 0.3) is 0 Å². The minimum atomic E-state index is 0. The van der Waals surface area contributed by atoms with E-state index in [4.69, 9.17) is 23.2 Å². The van der Waals surface area contributed by atoms with Gasteiger partial charge in [0.2, 0.25) is 0 Å². The van der Waals surface area contributed by atoms with Gasteiger partial charge in [-0.2, -0.15) is 5.10 Å². The molecule has 6 heteroatoms. The molecule has 0 N–H and O–H groups in total. The van der Waals surface area contributed by atoms with Crippen LogP contribution in [-0.4, -0.2) is 34.3 Å². The summed E-state index contributed by atoms with van der Waals surface area (Å²) < 4.78 is 1.91. The van der Waals surface area contributed by atoms with Crippen LogP contribution < -0.4 is 0 Å². The third-order valence-electron chi connectivity index (χ3n) is 4.22. The van der Waals surface area contributed by atoms with Crippen molar-refractivity contribution in [2.24, 2.45) is 0 Å². The van der Waals surface area contributed by atoms with Crippen LogP contribution >= 0.6 is 35.6 Å². The van der Waals surface area contributed by atoms with E-state index in [1.54, 1.807) is 6.20 Å². The van der Waals surface area contributed by atoms with Gasteiger partial charge in [0.15, 0.2) is 0 Å². The zero-order valence-electron chi connectivity index (χ0n) is 13.5. The number of aromatic nitrogens is 2. The van der Waals surface area contributed by atoms with Gasteiger partial charge in [0.05, 0.1) is 11.2 Å². The van der Waals surface area contributed by atoms with Gasteiger partial charge in [-0.3, -0.25) is 9.58 Å². The van der Waals surface area contributed by atoms with Gasteiger partial charge in [-0.1, -0.05) is 41.4 Å². The Balaban J connectivity index is 0.00000208. The minimum Gasteiger partial charge on any atom is -0.299 e. The summed E-state index contributed by atoms with van der Waals surface area (Å²) in [5.41, 5.74) is 2.73. The maximum absolute atomic E-state index is 5.95. The minimum absolute atomic E-state index is 0. The molecule has 0 fully saturated rings. The van der Waals surface area contributed by atoms with E-state index in [-0.39, 0.29) is 12.4 Å². The number of rotatable bonds is 6. The molecule has 1 aromatic heterocycles. The molecule has 0 atom stereocenters. The van der Waals surface area contributed by atoms with Crippen molar-refractivity contribution in [2.45, 2.75) is 25.8 Å². The standard InChI is InChI=1S/C18H21Cl2N3.ClH/c19-17-5-3-15(4-6-17)16-7-11-22(12-8-16)9-1-2-10-23-14-18(20)13-21-23;/h3-7,13-14H,1-2,8-12H2;1H. The second kappa shape index (κ2) is 9.47. The first kappa shape index (κ1) is 19.3. The predicted molar refractivity (Wildman–Crippen MR) is 104 cm³/mol. The molecule has 24 heavy (non-hydrogen) atoms. The van der Waals surface area contributed by atoms with E-state index < -0.39 is 0 Å². The number of nitrogens with zero attached hydrogens (tertiary/aromatic N) is 3. The van der Waals surface area contributed by atoms with Crippen LogP contribution in [0.1, 0.15) is 24.8 Å². The molecule has 0 radical (unpaired) electrons. The summed E-state index contributed by atoms with van der Waals surface area (Å²) >= 11 is 11.8. The summed E-state index contributed by atoms with van der Waals surface area (Å²) in [6, 6.07) is 8.15. The predicted octanol–water partition coefficient (Wildman–Crippen LogP) is 5.18. The maximum atomic E-state index is 5.95. The summed E-state index contributed by atoms with van der Waals surface area (Å²) in [6.45, 7) is 4.24. The van der Waals surface area contributed by atoms with Crippen molar-refractivity contribution in [1.29, 1.82) is 0 Å². The second-order valence-electron chi connectivity index (χ2n) is 5.92. The average molecular weight is 387 g/mol. The highest BCUT2D eigenvalue weighted by atomic mass is 35.5. The largest absolute Gasteiger partial charge is 0.299 e. The van der Waals surface area contributed by atoms with Crippen molar-refractivity contribution in [1.82, 2.24) is 14.7 Å². The molecule has 0 spiro atoms. The average Bonchev–Trinajstić information content (AvgIpc) is 2.98. The topological polar surface area (TPSA) is 21.1 Å². The molecular formula is C18H22Cl3N3. The van der Waals surface area contributed by atoms with Gasteiger partial charge in [0, 0.05) is 30.9 Å². The van der Waals surface area contributed by atoms with Gasteiger partial charge >= 0.3 is 0 Å². The van der Waals surface area contributed by atoms with Crippen LogP contribution in [0.15, 0.2) is 42.7 Å². The summed E-state index contributed by atoms with van der Waals surface area (Å²) in [7, 11) is 0. The molecule has 0 saturated carbocycles. The number of unbranched alkanes of at least 4 members (excludes halogenated alkanes) is 1. The monoisotopic (exact) mass is 385 g/mol. The Morgan fingerprint density at radius 3 is 2.38 bits per heavy atom. The van der Waals surface area contributed by atoms with E-state index in [1.807, 2.05) is 23.0 Å². The molecule has 1 aliphatic rings. The van der Waals surface area contributed by atoms with E-state index in [9.17, 15) is 0 Å². The lowest BCUT2D eigenvalue weighted by molar-refractivity contribution is 0.291. The second-order valence-corrected chi connectivity index (χ2v) is 6.79. The van der Waals surface area contributed by atoms with Gasteiger partial charge in [-0.05, 0) is 49.1 Å². The number of hydrogen-bond acceptors (Lipinski definition) is 2. The van der Waals surface area contributed by atoms with Crippen LogP contribution in [-0.2, 0) is 6.54 Å². The third kappa shape index (κ3) is 5.52. The van der Waals surface area contributed by atoms with E-state index in [0.29, 0.717) is 5.02 Å². The molecule has 2 heterocycles. The molecule has 3 nitrogen and oxygen atoms in total. The van der Waals surface area contributed by atoms with Crippen molar-refractivity contribution in [3.8, 4) is 0 Å². The highest BCUT2D eigenvalue weighted by Crippen LogP contribution is 2.23. The number of halogens is 3. The molecule has 130 valence electrons. The lowest BCUT2D eigenvalue weighted by Gasteiger charge is -2.26. The normalized spacial score (nSPS) is 15.0. The molecule has 3 rings (SSSR count). The fourth-order valence-electron chi connectivity index (χ4n) is 2.91. The van der Waals surface area contributed by atoms with Crippen LogP contribution in [0.3, 0.4) is 0 Å². The Labute approximate surface area is 159 Å². The lowest BCUT2D eigenvalue weighted by atomic mass is 9.99.